The smallest absolute Gasteiger partial charge is 0.265 e. The van der Waals surface area contributed by atoms with Gasteiger partial charge in [-0.25, -0.2) is 0 Å². The van der Waals surface area contributed by atoms with Crippen LogP contribution in [0.5, 0.6) is 5.75 Å². The SMILES string of the molecule is NC(=O)c1csc(C(=O)Nc2ccc(-c3cccc(O)c3)cc2)c1. The molecular formula is C18H14N2O3S. The highest BCUT2D eigenvalue weighted by molar-refractivity contribution is 7.12. The Kier molecular flexibility index (Phi) is 4.31. The van der Waals surface area contributed by atoms with Crippen LogP contribution in [-0.4, -0.2) is 16.9 Å². The molecule has 0 atom stereocenters. The summed E-state index contributed by atoms with van der Waals surface area (Å²) in [4.78, 5) is 23.7. The van der Waals surface area contributed by atoms with E-state index in [9.17, 15) is 14.7 Å². The van der Waals surface area contributed by atoms with Crippen molar-refractivity contribution in [1.82, 2.24) is 0 Å². The quantitative estimate of drug-likeness (QED) is 0.680. The van der Waals surface area contributed by atoms with Crippen molar-refractivity contribution in [1.29, 1.82) is 0 Å². The third kappa shape index (κ3) is 3.44. The van der Waals surface area contributed by atoms with Gasteiger partial charge in [-0.05, 0) is 41.5 Å². The number of primary amides is 1. The van der Waals surface area contributed by atoms with Gasteiger partial charge in [-0.15, -0.1) is 11.3 Å². The topological polar surface area (TPSA) is 92.4 Å². The van der Waals surface area contributed by atoms with Crippen LogP contribution in [0.1, 0.15) is 20.0 Å². The van der Waals surface area contributed by atoms with Crippen LogP contribution in [0.3, 0.4) is 0 Å². The number of carbonyl (C=O) groups is 2. The van der Waals surface area contributed by atoms with E-state index in [0.717, 1.165) is 11.1 Å². The molecule has 2 aromatic carbocycles. The molecule has 0 saturated heterocycles. The summed E-state index contributed by atoms with van der Waals surface area (Å²) in [6, 6.07) is 15.7. The Morgan fingerprint density at radius 1 is 1.00 bits per heavy atom. The summed E-state index contributed by atoms with van der Waals surface area (Å²) >= 11 is 1.17. The molecule has 0 aliphatic rings. The highest BCUT2D eigenvalue weighted by Crippen LogP contribution is 2.25. The number of anilines is 1. The van der Waals surface area contributed by atoms with Gasteiger partial charge < -0.3 is 16.2 Å². The first-order chi connectivity index (χ1) is 11.5. The third-order valence-electron chi connectivity index (χ3n) is 3.43. The first-order valence-electron chi connectivity index (χ1n) is 7.12. The van der Waals surface area contributed by atoms with Crippen molar-refractivity contribution in [3.8, 4) is 16.9 Å². The van der Waals surface area contributed by atoms with E-state index in [1.165, 1.54) is 17.4 Å². The molecule has 0 fully saturated rings. The lowest BCUT2D eigenvalue weighted by atomic mass is 10.1. The zero-order valence-electron chi connectivity index (χ0n) is 12.5. The highest BCUT2D eigenvalue weighted by Gasteiger charge is 2.12. The molecule has 1 aromatic heterocycles. The second-order valence-electron chi connectivity index (χ2n) is 5.15. The van der Waals surface area contributed by atoms with Gasteiger partial charge in [0.05, 0.1) is 10.4 Å². The lowest BCUT2D eigenvalue weighted by Crippen LogP contribution is -2.11. The van der Waals surface area contributed by atoms with Gasteiger partial charge in [0.25, 0.3) is 5.91 Å². The molecule has 2 amide bonds. The standard InChI is InChI=1S/C18H14N2O3S/c19-17(22)13-9-16(24-10-13)18(23)20-14-6-4-11(5-7-14)12-2-1-3-15(21)8-12/h1-10,21H,(H2,19,22)(H,20,23). The Labute approximate surface area is 142 Å². The fourth-order valence-electron chi connectivity index (χ4n) is 2.21. The third-order valence-corrected chi connectivity index (χ3v) is 4.36. The molecule has 120 valence electrons. The lowest BCUT2D eigenvalue weighted by Gasteiger charge is -2.06. The summed E-state index contributed by atoms with van der Waals surface area (Å²) in [6.07, 6.45) is 0. The van der Waals surface area contributed by atoms with Crippen molar-refractivity contribution in [2.45, 2.75) is 0 Å². The van der Waals surface area contributed by atoms with Crippen LogP contribution in [0, 0.1) is 0 Å². The summed E-state index contributed by atoms with van der Waals surface area (Å²) in [6.45, 7) is 0. The molecule has 1 heterocycles. The average molecular weight is 338 g/mol. The number of aromatic hydroxyl groups is 1. The summed E-state index contributed by atoms with van der Waals surface area (Å²) < 4.78 is 0. The molecule has 3 aromatic rings. The van der Waals surface area contributed by atoms with Crippen LogP contribution in [0.15, 0.2) is 60.0 Å². The second kappa shape index (κ2) is 6.55. The van der Waals surface area contributed by atoms with Gasteiger partial charge >= 0.3 is 0 Å². The van der Waals surface area contributed by atoms with Gasteiger partial charge in [-0.1, -0.05) is 24.3 Å². The normalized spacial score (nSPS) is 10.3. The average Bonchev–Trinajstić information content (AvgIpc) is 3.06. The number of nitrogens with two attached hydrogens (primary N) is 1. The minimum absolute atomic E-state index is 0.202. The summed E-state index contributed by atoms with van der Waals surface area (Å²) in [7, 11) is 0. The predicted molar refractivity (Wildman–Crippen MR) is 94.3 cm³/mol. The van der Waals surface area contributed by atoms with Gasteiger partial charge in [0, 0.05) is 11.1 Å². The van der Waals surface area contributed by atoms with Crippen molar-refractivity contribution >= 4 is 28.8 Å². The second-order valence-corrected chi connectivity index (χ2v) is 6.06. The van der Waals surface area contributed by atoms with Crippen LogP contribution in [0.2, 0.25) is 0 Å². The van der Waals surface area contributed by atoms with Crippen molar-refractivity contribution in [2.75, 3.05) is 5.32 Å². The van der Waals surface area contributed by atoms with E-state index in [2.05, 4.69) is 5.32 Å². The van der Waals surface area contributed by atoms with E-state index in [1.807, 2.05) is 18.2 Å². The number of phenols is 1. The Bertz CT molecular complexity index is 901. The van der Waals surface area contributed by atoms with Gasteiger partial charge in [0.15, 0.2) is 0 Å². The molecule has 24 heavy (non-hydrogen) atoms. The highest BCUT2D eigenvalue weighted by atomic mass is 32.1. The Hall–Kier alpha value is -3.12. The molecular weight excluding hydrogens is 324 g/mol. The monoisotopic (exact) mass is 338 g/mol. The largest absolute Gasteiger partial charge is 0.508 e. The van der Waals surface area contributed by atoms with Gasteiger partial charge in [-0.2, -0.15) is 0 Å². The number of hydrogen-bond acceptors (Lipinski definition) is 4. The molecule has 0 aliphatic heterocycles. The molecule has 3 rings (SSSR count). The maximum atomic E-state index is 12.2. The fourth-order valence-corrected chi connectivity index (χ4v) is 3.00. The number of rotatable bonds is 4. The van der Waals surface area contributed by atoms with Crippen molar-refractivity contribution in [2.24, 2.45) is 5.73 Å². The van der Waals surface area contributed by atoms with E-state index in [4.69, 9.17) is 5.73 Å². The molecule has 0 saturated carbocycles. The van der Waals surface area contributed by atoms with Crippen LogP contribution >= 0.6 is 11.3 Å². The van der Waals surface area contributed by atoms with E-state index < -0.39 is 5.91 Å². The van der Waals surface area contributed by atoms with Gasteiger partial charge in [-0.3, -0.25) is 9.59 Å². The molecule has 5 nitrogen and oxygen atoms in total. The Morgan fingerprint density at radius 2 is 1.75 bits per heavy atom. The van der Waals surface area contributed by atoms with Crippen molar-refractivity contribution in [3.05, 3.63) is 70.4 Å². The molecule has 0 radical (unpaired) electrons. The van der Waals surface area contributed by atoms with Crippen molar-refractivity contribution < 1.29 is 14.7 Å². The maximum Gasteiger partial charge on any atom is 0.265 e. The number of thiophene rings is 1. The van der Waals surface area contributed by atoms with E-state index in [0.29, 0.717) is 16.1 Å². The molecule has 0 aliphatic carbocycles. The Balaban J connectivity index is 1.73. The summed E-state index contributed by atoms with van der Waals surface area (Å²) in [5.41, 5.74) is 7.95. The van der Waals surface area contributed by atoms with E-state index in [-0.39, 0.29) is 11.7 Å². The number of phenolic OH excluding ortho intramolecular Hbond substituents is 1. The maximum absolute atomic E-state index is 12.2. The minimum atomic E-state index is -0.555. The lowest BCUT2D eigenvalue weighted by molar-refractivity contribution is 0.100. The first kappa shape index (κ1) is 15.8. The predicted octanol–water partition coefficient (Wildman–Crippen LogP) is 3.47. The molecule has 4 N–H and O–H groups in total. The number of amides is 2. The first-order valence-corrected chi connectivity index (χ1v) is 8.00. The molecule has 6 heteroatoms. The van der Waals surface area contributed by atoms with Gasteiger partial charge in [0.2, 0.25) is 5.91 Å². The van der Waals surface area contributed by atoms with Crippen LogP contribution in [0.25, 0.3) is 11.1 Å². The number of benzene rings is 2. The Morgan fingerprint density at radius 3 is 2.38 bits per heavy atom. The van der Waals surface area contributed by atoms with Gasteiger partial charge in [0.1, 0.15) is 5.75 Å². The van der Waals surface area contributed by atoms with E-state index in [1.54, 1.807) is 35.7 Å². The number of carbonyl (C=O) groups excluding carboxylic acids is 2. The zero-order valence-corrected chi connectivity index (χ0v) is 13.3. The minimum Gasteiger partial charge on any atom is -0.508 e. The molecule has 0 spiro atoms. The van der Waals surface area contributed by atoms with Crippen molar-refractivity contribution in [3.63, 3.8) is 0 Å². The molecule has 0 unspecified atom stereocenters. The number of nitrogens with one attached hydrogen (secondary N) is 1. The summed E-state index contributed by atoms with van der Waals surface area (Å²) in [5.74, 6) is -0.647. The molecule has 0 bridgehead atoms. The van der Waals surface area contributed by atoms with Crippen LogP contribution in [-0.2, 0) is 0 Å². The zero-order chi connectivity index (χ0) is 17.1. The van der Waals surface area contributed by atoms with E-state index >= 15 is 0 Å². The van der Waals surface area contributed by atoms with Crippen LogP contribution in [0.4, 0.5) is 5.69 Å². The van der Waals surface area contributed by atoms with Crippen LogP contribution < -0.4 is 11.1 Å². The number of hydrogen-bond donors (Lipinski definition) is 3. The fraction of sp³-hybridized carbons (Fsp3) is 0. The summed E-state index contributed by atoms with van der Waals surface area (Å²) in [5, 5.41) is 13.9.